The van der Waals surface area contributed by atoms with Gasteiger partial charge in [0.15, 0.2) is 11.9 Å². The zero-order chi connectivity index (χ0) is 21.0. The zero-order valence-electron chi connectivity index (χ0n) is 16.9. The van der Waals surface area contributed by atoms with E-state index in [-0.39, 0.29) is 0 Å². The summed E-state index contributed by atoms with van der Waals surface area (Å²) in [5.74, 6) is 1.96. The van der Waals surface area contributed by atoms with Crippen molar-refractivity contribution >= 4 is 23.5 Å². The van der Waals surface area contributed by atoms with Gasteiger partial charge in [0.1, 0.15) is 5.76 Å². The van der Waals surface area contributed by atoms with Gasteiger partial charge < -0.3 is 14.5 Å². The smallest absolute Gasteiger partial charge is 0.247 e. The molecule has 0 amide bonds. The van der Waals surface area contributed by atoms with Crippen LogP contribution in [-0.2, 0) is 5.75 Å². The lowest BCUT2D eigenvalue weighted by atomic mass is 10.1. The fourth-order valence-corrected chi connectivity index (χ4v) is 3.95. The van der Waals surface area contributed by atoms with E-state index in [0.29, 0.717) is 16.7 Å². The molecule has 0 fully saturated rings. The Morgan fingerprint density at radius 1 is 1.03 bits per heavy atom. The standard InChI is InChI=1S/C24H20N4O2S/c1-16-8-10-17(11-9-16)15-31-24-26-23-22(27-28-24)19-6-2-3-7-20(19)25-21(30-23)13-12-18-5-4-14-29-18/h2-14,21,25H,15H2,1H3/b13-12-/t21-/m1/s1. The molecule has 0 saturated heterocycles. The highest BCUT2D eigenvalue weighted by Crippen LogP contribution is 2.36. The van der Waals surface area contributed by atoms with Gasteiger partial charge in [0.2, 0.25) is 11.0 Å². The minimum absolute atomic E-state index is 0.431. The summed E-state index contributed by atoms with van der Waals surface area (Å²) in [6, 6.07) is 20.1. The van der Waals surface area contributed by atoms with Crippen LogP contribution in [0, 0.1) is 6.92 Å². The third-order valence-corrected chi connectivity index (χ3v) is 5.73. The molecule has 0 spiro atoms. The van der Waals surface area contributed by atoms with Crippen molar-refractivity contribution in [2.45, 2.75) is 24.1 Å². The number of para-hydroxylation sites is 1. The molecule has 154 valence electrons. The van der Waals surface area contributed by atoms with Crippen LogP contribution in [-0.4, -0.2) is 21.4 Å². The number of anilines is 1. The van der Waals surface area contributed by atoms with E-state index in [2.05, 4.69) is 51.7 Å². The molecule has 1 aliphatic rings. The molecule has 1 N–H and O–H groups in total. The fraction of sp³-hybridized carbons (Fsp3) is 0.125. The van der Waals surface area contributed by atoms with Crippen LogP contribution in [0.5, 0.6) is 5.88 Å². The number of aromatic nitrogens is 3. The van der Waals surface area contributed by atoms with Gasteiger partial charge in [-0.05, 0) is 42.8 Å². The van der Waals surface area contributed by atoms with Crippen molar-refractivity contribution < 1.29 is 9.15 Å². The average Bonchev–Trinajstić information content (AvgIpc) is 3.26. The number of benzene rings is 2. The molecule has 1 atom stereocenters. The van der Waals surface area contributed by atoms with Crippen LogP contribution in [0.2, 0.25) is 0 Å². The second-order valence-corrected chi connectivity index (χ2v) is 8.07. The maximum atomic E-state index is 6.18. The van der Waals surface area contributed by atoms with Crippen LogP contribution in [0.25, 0.3) is 17.3 Å². The Labute approximate surface area is 184 Å². The van der Waals surface area contributed by atoms with E-state index in [1.54, 1.807) is 6.26 Å². The molecule has 0 bridgehead atoms. The van der Waals surface area contributed by atoms with Crippen molar-refractivity contribution in [3.8, 4) is 17.1 Å². The van der Waals surface area contributed by atoms with Gasteiger partial charge >= 0.3 is 0 Å². The molecule has 0 unspecified atom stereocenters. The Balaban J connectivity index is 1.43. The highest BCUT2D eigenvalue weighted by molar-refractivity contribution is 7.98. The third kappa shape index (κ3) is 4.46. The van der Waals surface area contributed by atoms with Crippen LogP contribution < -0.4 is 10.1 Å². The predicted octanol–water partition coefficient (Wildman–Crippen LogP) is 5.58. The van der Waals surface area contributed by atoms with Gasteiger partial charge in [0.25, 0.3) is 0 Å². The minimum Gasteiger partial charge on any atom is -0.465 e. The molecular formula is C24H20N4O2S. The van der Waals surface area contributed by atoms with Gasteiger partial charge in [0.05, 0.1) is 6.26 Å². The Hall–Kier alpha value is -3.58. The maximum absolute atomic E-state index is 6.18. The normalized spacial score (nSPS) is 14.9. The van der Waals surface area contributed by atoms with Crippen molar-refractivity contribution in [1.29, 1.82) is 0 Å². The monoisotopic (exact) mass is 428 g/mol. The van der Waals surface area contributed by atoms with Gasteiger partial charge in [-0.2, -0.15) is 4.98 Å². The molecule has 0 aliphatic carbocycles. The molecule has 6 nitrogen and oxygen atoms in total. The largest absolute Gasteiger partial charge is 0.465 e. The number of nitrogens with zero attached hydrogens (tertiary/aromatic N) is 3. The average molecular weight is 429 g/mol. The molecular weight excluding hydrogens is 408 g/mol. The van der Waals surface area contributed by atoms with Gasteiger partial charge in [0, 0.05) is 17.0 Å². The van der Waals surface area contributed by atoms with Crippen LogP contribution >= 0.6 is 11.8 Å². The Kier molecular flexibility index (Phi) is 5.41. The number of hydrogen-bond acceptors (Lipinski definition) is 7. The van der Waals surface area contributed by atoms with Crippen molar-refractivity contribution in [2.24, 2.45) is 0 Å². The summed E-state index contributed by atoms with van der Waals surface area (Å²) in [5.41, 5.74) is 4.89. The minimum atomic E-state index is -0.431. The van der Waals surface area contributed by atoms with Crippen molar-refractivity contribution in [3.05, 3.63) is 89.9 Å². The lowest BCUT2D eigenvalue weighted by molar-refractivity contribution is 0.266. The topological polar surface area (TPSA) is 73.1 Å². The van der Waals surface area contributed by atoms with E-state index in [0.717, 1.165) is 22.8 Å². The van der Waals surface area contributed by atoms with E-state index in [1.807, 2.05) is 48.6 Å². The maximum Gasteiger partial charge on any atom is 0.247 e. The van der Waals surface area contributed by atoms with Crippen LogP contribution in [0.3, 0.4) is 0 Å². The molecule has 2 aromatic carbocycles. The number of thioether (sulfide) groups is 1. The van der Waals surface area contributed by atoms with E-state index < -0.39 is 6.23 Å². The Bertz CT molecular complexity index is 1210. The summed E-state index contributed by atoms with van der Waals surface area (Å²) < 4.78 is 11.6. The molecule has 31 heavy (non-hydrogen) atoms. The third-order valence-electron chi connectivity index (χ3n) is 4.82. The first kappa shape index (κ1) is 19.4. The fourth-order valence-electron chi connectivity index (χ4n) is 3.22. The van der Waals surface area contributed by atoms with Crippen molar-refractivity contribution in [3.63, 3.8) is 0 Å². The van der Waals surface area contributed by atoms with Gasteiger partial charge in [-0.25, -0.2) is 0 Å². The SMILES string of the molecule is Cc1ccc(CSc2nnc3c(n2)O[C@H](/C=C\c2ccco2)Nc2ccccc2-3)cc1. The van der Waals surface area contributed by atoms with Crippen LogP contribution in [0.1, 0.15) is 16.9 Å². The highest BCUT2D eigenvalue weighted by atomic mass is 32.2. The molecule has 1 aliphatic heterocycles. The summed E-state index contributed by atoms with van der Waals surface area (Å²) in [4.78, 5) is 4.67. The van der Waals surface area contributed by atoms with Crippen molar-refractivity contribution in [1.82, 2.24) is 15.2 Å². The second-order valence-electron chi connectivity index (χ2n) is 7.13. The number of furan rings is 1. The number of rotatable bonds is 5. The first-order valence-corrected chi connectivity index (χ1v) is 10.9. The summed E-state index contributed by atoms with van der Waals surface area (Å²) in [5, 5.41) is 12.8. The predicted molar refractivity (Wildman–Crippen MR) is 122 cm³/mol. The summed E-state index contributed by atoms with van der Waals surface area (Å²) in [7, 11) is 0. The summed E-state index contributed by atoms with van der Waals surface area (Å²) >= 11 is 1.53. The van der Waals surface area contributed by atoms with E-state index >= 15 is 0 Å². The summed E-state index contributed by atoms with van der Waals surface area (Å²) in [6.45, 7) is 2.08. The lowest BCUT2D eigenvalue weighted by Crippen LogP contribution is -2.23. The van der Waals surface area contributed by atoms with E-state index in [1.165, 1.54) is 22.9 Å². The molecule has 2 aromatic heterocycles. The molecule has 7 heteroatoms. The van der Waals surface area contributed by atoms with E-state index in [4.69, 9.17) is 9.15 Å². The number of aryl methyl sites for hydroxylation is 1. The quantitative estimate of drug-likeness (QED) is 0.416. The lowest BCUT2D eigenvalue weighted by Gasteiger charge is -2.15. The second kappa shape index (κ2) is 8.65. The van der Waals surface area contributed by atoms with Crippen LogP contribution in [0.4, 0.5) is 5.69 Å². The molecule has 4 aromatic rings. The highest BCUT2D eigenvalue weighted by Gasteiger charge is 2.23. The summed E-state index contributed by atoms with van der Waals surface area (Å²) in [6.07, 6.45) is 4.97. The van der Waals surface area contributed by atoms with Gasteiger partial charge in [-0.1, -0.05) is 59.8 Å². The number of nitrogens with one attached hydrogen (secondary N) is 1. The van der Waals surface area contributed by atoms with Gasteiger partial charge in [-0.15, -0.1) is 10.2 Å². The first-order valence-electron chi connectivity index (χ1n) is 9.92. The molecule has 0 saturated carbocycles. The number of fused-ring (bicyclic) bond motifs is 3. The Morgan fingerprint density at radius 2 is 1.90 bits per heavy atom. The van der Waals surface area contributed by atoms with Crippen LogP contribution in [0.15, 0.2) is 82.6 Å². The number of hydrogen-bond donors (Lipinski definition) is 1. The Morgan fingerprint density at radius 3 is 2.74 bits per heavy atom. The van der Waals surface area contributed by atoms with Gasteiger partial charge in [-0.3, -0.25) is 0 Å². The molecule has 0 radical (unpaired) electrons. The zero-order valence-corrected chi connectivity index (χ0v) is 17.7. The first-order chi connectivity index (χ1) is 15.2. The van der Waals surface area contributed by atoms with E-state index in [9.17, 15) is 0 Å². The number of ether oxygens (including phenoxy) is 1. The molecule has 5 rings (SSSR count). The van der Waals surface area contributed by atoms with Crippen molar-refractivity contribution in [2.75, 3.05) is 5.32 Å². The molecule has 3 heterocycles.